The van der Waals surface area contributed by atoms with Crippen LogP contribution >= 0.6 is 0 Å². The fourth-order valence-electron chi connectivity index (χ4n) is 3.32. The van der Waals surface area contributed by atoms with Crippen molar-refractivity contribution in [1.82, 2.24) is 0 Å². The van der Waals surface area contributed by atoms with E-state index in [1.54, 1.807) is 43.3 Å². The van der Waals surface area contributed by atoms with Crippen molar-refractivity contribution < 1.29 is 39.1 Å². The van der Waals surface area contributed by atoms with E-state index < -0.39 is 18.2 Å². The van der Waals surface area contributed by atoms with Crippen molar-refractivity contribution in [2.45, 2.75) is 71.5 Å². The zero-order chi connectivity index (χ0) is 26.8. The molecule has 2 aromatic carbocycles. The Kier molecular flexibility index (Phi) is 15.6. The van der Waals surface area contributed by atoms with E-state index in [1.807, 2.05) is 6.92 Å². The van der Waals surface area contributed by atoms with Gasteiger partial charge in [0.2, 0.25) is 0 Å². The molecule has 0 aliphatic rings. The van der Waals surface area contributed by atoms with E-state index in [1.165, 1.54) is 18.6 Å². The third-order valence-corrected chi connectivity index (χ3v) is 5.23. The molecule has 3 N–H and O–H groups in total. The van der Waals surface area contributed by atoms with Crippen molar-refractivity contribution in [3.05, 3.63) is 59.7 Å². The van der Waals surface area contributed by atoms with Crippen LogP contribution in [0, 0.1) is 0 Å². The highest BCUT2D eigenvalue weighted by Crippen LogP contribution is 2.14. The minimum atomic E-state index is -0.968. The van der Waals surface area contributed by atoms with Crippen molar-refractivity contribution >= 4 is 11.9 Å². The Morgan fingerprint density at radius 2 is 1.19 bits per heavy atom. The maximum Gasteiger partial charge on any atom is 0.335 e. The first-order chi connectivity index (χ1) is 17.3. The zero-order valence-electron chi connectivity index (χ0n) is 21.5. The van der Waals surface area contributed by atoms with Crippen LogP contribution in [0.2, 0.25) is 0 Å². The van der Waals surface area contributed by atoms with Gasteiger partial charge in [0, 0.05) is 26.1 Å². The smallest absolute Gasteiger partial charge is 0.335 e. The van der Waals surface area contributed by atoms with Gasteiger partial charge in [-0.3, -0.25) is 0 Å². The molecule has 0 aliphatic carbocycles. The molecule has 0 radical (unpaired) electrons. The predicted molar refractivity (Wildman–Crippen MR) is 137 cm³/mol. The normalized spacial score (nSPS) is 12.2. The average Bonchev–Trinajstić information content (AvgIpc) is 2.86. The minimum Gasteiger partial charge on any atom is -0.508 e. The number of esters is 1. The van der Waals surface area contributed by atoms with Gasteiger partial charge in [-0.05, 0) is 55.7 Å². The number of carbonyl (C=O) groups is 2. The topological polar surface area (TPSA) is 123 Å². The van der Waals surface area contributed by atoms with Gasteiger partial charge in [0.05, 0.1) is 6.61 Å². The van der Waals surface area contributed by atoms with Gasteiger partial charge in [0.25, 0.3) is 0 Å². The SMILES string of the molecule is CCCCCCOC(=O)[C@@H](Cc1ccc(O)cc1)OCC.CCO[C@@H](Cc1ccc(O)cc1)C(=O)O. The van der Waals surface area contributed by atoms with Gasteiger partial charge in [0.15, 0.2) is 12.2 Å². The minimum absolute atomic E-state index is 0.169. The van der Waals surface area contributed by atoms with Gasteiger partial charge in [0.1, 0.15) is 11.5 Å². The summed E-state index contributed by atoms with van der Waals surface area (Å²) in [6.07, 6.45) is 3.69. The number of ether oxygens (including phenoxy) is 3. The summed E-state index contributed by atoms with van der Waals surface area (Å²) in [5.41, 5.74) is 1.77. The molecule has 0 amide bonds. The van der Waals surface area contributed by atoms with Gasteiger partial charge in [-0.1, -0.05) is 50.5 Å². The van der Waals surface area contributed by atoms with Crippen LogP contribution in [-0.4, -0.2) is 59.3 Å². The quantitative estimate of drug-likeness (QED) is 0.232. The van der Waals surface area contributed by atoms with Crippen LogP contribution in [0.4, 0.5) is 0 Å². The first-order valence-corrected chi connectivity index (χ1v) is 12.5. The number of carbonyl (C=O) groups excluding carboxylic acids is 1. The lowest BCUT2D eigenvalue weighted by atomic mass is 10.1. The molecule has 0 aliphatic heterocycles. The molecular weight excluding hydrogens is 464 g/mol. The number of hydrogen-bond acceptors (Lipinski definition) is 7. The Morgan fingerprint density at radius 3 is 1.64 bits per heavy atom. The lowest BCUT2D eigenvalue weighted by molar-refractivity contribution is -0.157. The van der Waals surface area contributed by atoms with Crippen LogP contribution in [0.3, 0.4) is 0 Å². The number of aliphatic carboxylic acids is 1. The van der Waals surface area contributed by atoms with Crippen molar-refractivity contribution in [3.63, 3.8) is 0 Å². The number of hydrogen-bond donors (Lipinski definition) is 3. The highest BCUT2D eigenvalue weighted by molar-refractivity contribution is 5.75. The van der Waals surface area contributed by atoms with Crippen molar-refractivity contribution in [2.75, 3.05) is 19.8 Å². The Morgan fingerprint density at radius 1 is 0.722 bits per heavy atom. The lowest BCUT2D eigenvalue weighted by Crippen LogP contribution is -2.29. The van der Waals surface area contributed by atoms with Crippen LogP contribution in [0.15, 0.2) is 48.5 Å². The highest BCUT2D eigenvalue weighted by Gasteiger charge is 2.21. The molecule has 0 bridgehead atoms. The molecule has 2 atom stereocenters. The van der Waals surface area contributed by atoms with E-state index in [2.05, 4.69) is 6.92 Å². The zero-order valence-corrected chi connectivity index (χ0v) is 21.5. The number of carboxylic acid groups (broad SMARTS) is 1. The largest absolute Gasteiger partial charge is 0.508 e. The molecule has 0 saturated carbocycles. The first kappa shape index (κ1) is 30.9. The fraction of sp³-hybridized carbons (Fsp3) is 0.500. The molecule has 0 aromatic heterocycles. The van der Waals surface area contributed by atoms with Crippen molar-refractivity contribution in [1.29, 1.82) is 0 Å². The molecule has 8 nitrogen and oxygen atoms in total. The van der Waals surface area contributed by atoms with Gasteiger partial charge in [-0.2, -0.15) is 0 Å². The average molecular weight is 505 g/mol. The fourth-order valence-corrected chi connectivity index (χ4v) is 3.32. The second kappa shape index (κ2) is 18.2. The summed E-state index contributed by atoms with van der Waals surface area (Å²) < 4.78 is 15.8. The van der Waals surface area contributed by atoms with Crippen LogP contribution in [-0.2, 0) is 36.6 Å². The molecule has 8 heteroatoms. The third-order valence-electron chi connectivity index (χ3n) is 5.23. The summed E-state index contributed by atoms with van der Waals surface area (Å²) in [4.78, 5) is 22.8. The standard InChI is InChI=1S/C17H26O4.C11H14O4/c1-3-5-6-7-12-21-17(19)16(20-4-2)13-14-8-10-15(18)11-9-14;1-2-15-10(11(13)14)7-8-3-5-9(12)6-4-8/h8-11,16,18H,3-7,12-13H2,1-2H3;3-6,10,12H,2,7H2,1H3,(H,13,14)/t16-;10-/m10/s1. The number of rotatable bonds is 15. The second-order valence-electron chi connectivity index (χ2n) is 8.20. The van der Waals surface area contributed by atoms with E-state index in [-0.39, 0.29) is 17.5 Å². The molecule has 0 spiro atoms. The van der Waals surface area contributed by atoms with Gasteiger partial charge in [-0.15, -0.1) is 0 Å². The molecule has 36 heavy (non-hydrogen) atoms. The molecule has 200 valence electrons. The predicted octanol–water partition coefficient (Wildman–Crippen LogP) is 4.89. The maximum atomic E-state index is 12.0. The van der Waals surface area contributed by atoms with Gasteiger partial charge < -0.3 is 29.5 Å². The number of carboxylic acids is 1. The van der Waals surface area contributed by atoms with E-state index in [4.69, 9.17) is 24.4 Å². The van der Waals surface area contributed by atoms with Gasteiger partial charge >= 0.3 is 11.9 Å². The lowest BCUT2D eigenvalue weighted by Gasteiger charge is -2.16. The van der Waals surface area contributed by atoms with E-state index in [9.17, 15) is 14.7 Å². The molecular formula is C28H40O8. The summed E-state index contributed by atoms with van der Waals surface area (Å²) >= 11 is 0. The van der Waals surface area contributed by atoms with E-state index in [0.29, 0.717) is 32.7 Å². The molecule has 0 fully saturated rings. The number of unbranched alkanes of at least 4 members (excludes halogenated alkanes) is 3. The van der Waals surface area contributed by atoms with E-state index in [0.717, 1.165) is 30.4 Å². The molecule has 0 heterocycles. The second-order valence-corrected chi connectivity index (χ2v) is 8.20. The number of aromatic hydroxyl groups is 2. The number of benzene rings is 2. The van der Waals surface area contributed by atoms with Crippen molar-refractivity contribution in [3.8, 4) is 11.5 Å². The monoisotopic (exact) mass is 504 g/mol. The Bertz CT molecular complexity index is 864. The van der Waals surface area contributed by atoms with Crippen LogP contribution in [0.1, 0.15) is 57.6 Å². The summed E-state index contributed by atoms with van der Waals surface area (Å²) in [5, 5.41) is 27.2. The summed E-state index contributed by atoms with van der Waals surface area (Å²) in [6, 6.07) is 13.2. The highest BCUT2D eigenvalue weighted by atomic mass is 16.6. The van der Waals surface area contributed by atoms with Gasteiger partial charge in [-0.25, -0.2) is 9.59 Å². The van der Waals surface area contributed by atoms with Crippen LogP contribution in [0.25, 0.3) is 0 Å². The van der Waals surface area contributed by atoms with Crippen LogP contribution in [0.5, 0.6) is 11.5 Å². The molecule has 2 rings (SSSR count). The Hall–Kier alpha value is -3.10. The third kappa shape index (κ3) is 13.1. The van der Waals surface area contributed by atoms with Crippen LogP contribution < -0.4 is 0 Å². The Labute approximate surface area is 213 Å². The number of phenols is 2. The van der Waals surface area contributed by atoms with E-state index >= 15 is 0 Å². The molecule has 2 aromatic rings. The molecule has 0 saturated heterocycles. The Balaban J connectivity index is 0.000000381. The summed E-state index contributed by atoms with van der Waals surface area (Å²) in [7, 11) is 0. The van der Waals surface area contributed by atoms with Crippen molar-refractivity contribution in [2.24, 2.45) is 0 Å². The maximum absolute atomic E-state index is 12.0. The summed E-state index contributed by atoms with van der Waals surface area (Å²) in [5.74, 6) is -0.890. The summed E-state index contributed by atoms with van der Waals surface area (Å²) in [6.45, 7) is 7.06. The number of phenolic OH excluding ortho intramolecular Hbond substituents is 2. The first-order valence-electron chi connectivity index (χ1n) is 12.5. The molecule has 0 unspecified atom stereocenters.